The predicted molar refractivity (Wildman–Crippen MR) is 112 cm³/mol. The molecular weight excluding hydrogens is 371 g/mol. The number of rotatable bonds is 5. The quantitative estimate of drug-likeness (QED) is 0.479. The predicted octanol–water partition coefficient (Wildman–Crippen LogP) is 4.28. The van der Waals surface area contributed by atoms with Gasteiger partial charge in [-0.2, -0.15) is 0 Å². The van der Waals surface area contributed by atoms with Crippen LogP contribution in [0.3, 0.4) is 0 Å². The summed E-state index contributed by atoms with van der Waals surface area (Å²) in [7, 11) is 0. The van der Waals surface area contributed by atoms with Crippen molar-refractivity contribution in [2.24, 2.45) is 0 Å². The second-order valence-electron chi connectivity index (χ2n) is 6.79. The van der Waals surface area contributed by atoms with Gasteiger partial charge in [-0.15, -0.1) is 0 Å². The summed E-state index contributed by atoms with van der Waals surface area (Å²) in [4.78, 5) is 29.4. The van der Waals surface area contributed by atoms with Crippen molar-refractivity contribution in [3.63, 3.8) is 0 Å². The van der Waals surface area contributed by atoms with E-state index in [1.54, 1.807) is 11.5 Å². The number of carbonyl (C=O) groups excluding carboxylic acids is 1. The van der Waals surface area contributed by atoms with Gasteiger partial charge >= 0.3 is 5.97 Å². The summed E-state index contributed by atoms with van der Waals surface area (Å²) in [6.45, 7) is 7.75. The van der Waals surface area contributed by atoms with E-state index in [1.807, 2.05) is 39.0 Å². The fraction of sp³-hybridized carbons (Fsp3) is 0.261. The fourth-order valence-corrected chi connectivity index (χ4v) is 3.29. The Kier molecular flexibility index (Phi) is 5.92. The monoisotopic (exact) mass is 394 g/mol. The maximum atomic E-state index is 14.5. The number of benzene rings is 2. The lowest BCUT2D eigenvalue weighted by molar-refractivity contribution is -0.137. The van der Waals surface area contributed by atoms with Crippen LogP contribution >= 0.6 is 0 Å². The van der Waals surface area contributed by atoms with Crippen molar-refractivity contribution in [1.82, 2.24) is 9.55 Å². The van der Waals surface area contributed by atoms with Crippen molar-refractivity contribution in [3.05, 3.63) is 75.1 Å². The van der Waals surface area contributed by atoms with Gasteiger partial charge in [0.2, 0.25) is 0 Å². The van der Waals surface area contributed by atoms with Crippen molar-refractivity contribution in [3.8, 4) is 5.69 Å². The number of carbonyl (C=O) groups is 1. The number of ether oxygens (including phenoxy) is 1. The summed E-state index contributed by atoms with van der Waals surface area (Å²) < 4.78 is 20.9. The van der Waals surface area contributed by atoms with Crippen molar-refractivity contribution in [2.75, 3.05) is 6.61 Å². The Balaban J connectivity index is 2.23. The van der Waals surface area contributed by atoms with Crippen LogP contribution in [0.2, 0.25) is 0 Å². The molecule has 0 unspecified atom stereocenters. The lowest BCUT2D eigenvalue weighted by Crippen LogP contribution is -2.24. The molecule has 6 heteroatoms. The Labute approximate surface area is 168 Å². The van der Waals surface area contributed by atoms with Crippen LogP contribution in [-0.4, -0.2) is 22.1 Å². The van der Waals surface area contributed by atoms with E-state index in [1.165, 1.54) is 18.2 Å². The van der Waals surface area contributed by atoms with E-state index in [4.69, 9.17) is 4.74 Å². The summed E-state index contributed by atoms with van der Waals surface area (Å²) in [6, 6.07) is 8.49. The van der Waals surface area contributed by atoms with E-state index in [-0.39, 0.29) is 23.1 Å². The molecule has 3 aromatic rings. The number of aryl methyl sites for hydroxylation is 3. The Bertz CT molecular complexity index is 1180. The highest BCUT2D eigenvalue weighted by Gasteiger charge is 2.15. The molecule has 1 heterocycles. The second-order valence-corrected chi connectivity index (χ2v) is 6.79. The smallest absolute Gasteiger partial charge is 0.330 e. The lowest BCUT2D eigenvalue weighted by atomic mass is 10.1. The molecule has 0 N–H and O–H groups in total. The molecule has 0 aliphatic carbocycles. The van der Waals surface area contributed by atoms with Crippen LogP contribution in [0.5, 0.6) is 0 Å². The summed E-state index contributed by atoms with van der Waals surface area (Å²) in [5.74, 6) is -0.570. The maximum absolute atomic E-state index is 14.5. The molecule has 0 amide bonds. The molecular formula is C23H23FN2O3. The molecule has 0 aliphatic heterocycles. The van der Waals surface area contributed by atoms with Gasteiger partial charge in [0.05, 0.1) is 23.2 Å². The molecule has 5 nitrogen and oxygen atoms in total. The average molecular weight is 394 g/mol. The van der Waals surface area contributed by atoms with Gasteiger partial charge in [-0.3, -0.25) is 9.36 Å². The van der Waals surface area contributed by atoms with Gasteiger partial charge < -0.3 is 4.74 Å². The summed E-state index contributed by atoms with van der Waals surface area (Å²) in [5.41, 5.74) is 2.94. The highest BCUT2D eigenvalue weighted by Crippen LogP contribution is 2.21. The molecule has 0 bridgehead atoms. The standard InChI is InChI=1S/C23H23FN2O3/c1-5-21-25-19-13-18(24)16(8-10-22(27)29-6-2)12-17(19)23(28)26(21)20-9-7-14(3)11-15(20)4/h7-13H,5-6H2,1-4H3. The van der Waals surface area contributed by atoms with Crippen molar-refractivity contribution in [1.29, 1.82) is 0 Å². The molecule has 1 aromatic heterocycles. The van der Waals surface area contributed by atoms with Crippen LogP contribution in [0.4, 0.5) is 4.39 Å². The van der Waals surface area contributed by atoms with Gasteiger partial charge in [0.1, 0.15) is 11.6 Å². The van der Waals surface area contributed by atoms with Gasteiger partial charge in [-0.05, 0) is 44.5 Å². The van der Waals surface area contributed by atoms with Crippen molar-refractivity contribution < 1.29 is 13.9 Å². The molecule has 0 saturated heterocycles. The molecule has 2 aromatic carbocycles. The first kappa shape index (κ1) is 20.5. The van der Waals surface area contributed by atoms with Crippen LogP contribution in [0.1, 0.15) is 36.4 Å². The molecule has 150 valence electrons. The van der Waals surface area contributed by atoms with E-state index < -0.39 is 11.8 Å². The Morgan fingerprint density at radius 1 is 1.21 bits per heavy atom. The highest BCUT2D eigenvalue weighted by atomic mass is 19.1. The largest absolute Gasteiger partial charge is 0.463 e. The molecule has 0 radical (unpaired) electrons. The van der Waals surface area contributed by atoms with Crippen LogP contribution in [0.25, 0.3) is 22.7 Å². The molecule has 29 heavy (non-hydrogen) atoms. The lowest BCUT2D eigenvalue weighted by Gasteiger charge is -2.15. The number of fused-ring (bicyclic) bond motifs is 1. The first-order chi connectivity index (χ1) is 13.8. The normalized spacial score (nSPS) is 11.3. The molecule has 0 aliphatic rings. The van der Waals surface area contributed by atoms with E-state index in [0.29, 0.717) is 17.8 Å². The molecule has 0 atom stereocenters. The van der Waals surface area contributed by atoms with E-state index in [2.05, 4.69) is 4.98 Å². The third-order valence-electron chi connectivity index (χ3n) is 4.65. The summed E-state index contributed by atoms with van der Waals surface area (Å²) in [6.07, 6.45) is 2.97. The minimum absolute atomic E-state index is 0.126. The Morgan fingerprint density at radius 3 is 2.62 bits per heavy atom. The number of aromatic nitrogens is 2. The van der Waals surface area contributed by atoms with Crippen molar-refractivity contribution in [2.45, 2.75) is 34.1 Å². The van der Waals surface area contributed by atoms with Gasteiger partial charge in [0.15, 0.2) is 0 Å². The first-order valence-corrected chi connectivity index (χ1v) is 9.53. The first-order valence-electron chi connectivity index (χ1n) is 9.53. The minimum Gasteiger partial charge on any atom is -0.463 e. The molecule has 0 fully saturated rings. The topological polar surface area (TPSA) is 61.2 Å². The zero-order chi connectivity index (χ0) is 21.1. The average Bonchev–Trinajstić information content (AvgIpc) is 2.67. The number of esters is 1. The van der Waals surface area contributed by atoms with E-state index in [9.17, 15) is 14.0 Å². The molecule has 0 saturated carbocycles. The van der Waals surface area contributed by atoms with Gasteiger partial charge in [0, 0.05) is 24.1 Å². The third-order valence-corrected chi connectivity index (χ3v) is 4.65. The van der Waals surface area contributed by atoms with Gasteiger partial charge in [-0.1, -0.05) is 24.6 Å². The number of hydrogen-bond donors (Lipinski definition) is 0. The SMILES string of the molecule is CCOC(=O)C=Cc1cc2c(=O)n(-c3ccc(C)cc3C)c(CC)nc2cc1F. The Morgan fingerprint density at radius 2 is 1.97 bits per heavy atom. The van der Waals surface area contributed by atoms with E-state index >= 15 is 0 Å². The summed E-state index contributed by atoms with van der Waals surface area (Å²) >= 11 is 0. The zero-order valence-electron chi connectivity index (χ0n) is 17.0. The van der Waals surface area contributed by atoms with Crippen LogP contribution < -0.4 is 5.56 Å². The van der Waals surface area contributed by atoms with Crippen LogP contribution in [0, 0.1) is 19.7 Å². The number of hydrogen-bond acceptors (Lipinski definition) is 4. The summed E-state index contributed by atoms with van der Waals surface area (Å²) in [5, 5.41) is 0.284. The van der Waals surface area contributed by atoms with Gasteiger partial charge in [0.25, 0.3) is 5.56 Å². The maximum Gasteiger partial charge on any atom is 0.330 e. The number of halogens is 1. The van der Waals surface area contributed by atoms with Gasteiger partial charge in [-0.25, -0.2) is 14.2 Å². The van der Waals surface area contributed by atoms with E-state index in [0.717, 1.165) is 22.9 Å². The second kappa shape index (κ2) is 8.39. The molecule has 3 rings (SSSR count). The molecule has 0 spiro atoms. The third kappa shape index (κ3) is 4.11. The van der Waals surface area contributed by atoms with Crippen LogP contribution in [0.15, 0.2) is 41.2 Å². The zero-order valence-corrected chi connectivity index (χ0v) is 17.0. The fourth-order valence-electron chi connectivity index (χ4n) is 3.29. The number of nitrogens with zero attached hydrogens (tertiary/aromatic N) is 2. The van der Waals surface area contributed by atoms with Crippen molar-refractivity contribution >= 4 is 22.9 Å². The highest BCUT2D eigenvalue weighted by molar-refractivity contribution is 5.88. The van der Waals surface area contributed by atoms with Crippen LogP contribution in [-0.2, 0) is 16.0 Å². The Hall–Kier alpha value is -3.28. The minimum atomic E-state index is -0.570.